The lowest BCUT2D eigenvalue weighted by Crippen LogP contribution is -2.44. The Morgan fingerprint density at radius 1 is 1.13 bits per heavy atom. The number of ether oxygens (including phenoxy) is 3. The van der Waals surface area contributed by atoms with E-state index in [0.29, 0.717) is 43.3 Å². The van der Waals surface area contributed by atoms with Crippen molar-refractivity contribution in [3.05, 3.63) is 92.3 Å². The number of benzene rings is 3. The minimum Gasteiger partial charge on any atom is -0.497 e. The van der Waals surface area contributed by atoms with Crippen molar-refractivity contribution in [3.63, 3.8) is 0 Å². The van der Waals surface area contributed by atoms with Crippen LogP contribution in [-0.4, -0.2) is 35.4 Å². The van der Waals surface area contributed by atoms with Gasteiger partial charge in [-0.05, 0) is 93.9 Å². The van der Waals surface area contributed by atoms with Crippen LogP contribution in [0.2, 0.25) is 0 Å². The van der Waals surface area contributed by atoms with E-state index in [9.17, 15) is 9.59 Å². The highest BCUT2D eigenvalue weighted by Gasteiger charge is 2.34. The van der Waals surface area contributed by atoms with Crippen LogP contribution in [-0.2, 0) is 11.4 Å². The number of nitriles is 1. The summed E-state index contributed by atoms with van der Waals surface area (Å²) in [5.74, 6) is 0.648. The van der Waals surface area contributed by atoms with E-state index in [1.165, 1.54) is 14.2 Å². The molecule has 1 aliphatic rings. The number of rotatable bonds is 8. The molecule has 1 fully saturated rings. The van der Waals surface area contributed by atoms with Gasteiger partial charge in [0.2, 0.25) is 0 Å². The predicted molar refractivity (Wildman–Crippen MR) is 152 cm³/mol. The molecule has 1 heterocycles. The summed E-state index contributed by atoms with van der Waals surface area (Å²) in [6.45, 7) is 0.270. The SMILES string of the molecule is COc1ccc(C(=O)NN2C(=O)/C(=C\c3cc(Br)c(OCc4ccc(C#N)cc4)c(OC)c3)SC2=S)cc1. The van der Waals surface area contributed by atoms with Gasteiger partial charge in [-0.15, -0.1) is 0 Å². The summed E-state index contributed by atoms with van der Waals surface area (Å²) in [5.41, 5.74) is 5.05. The maximum Gasteiger partial charge on any atom is 0.285 e. The summed E-state index contributed by atoms with van der Waals surface area (Å²) in [7, 11) is 3.06. The topological polar surface area (TPSA) is 101 Å². The predicted octanol–water partition coefficient (Wildman–Crippen LogP) is 5.46. The number of nitrogens with zero attached hydrogens (tertiary/aromatic N) is 2. The molecule has 1 aliphatic heterocycles. The quantitative estimate of drug-likeness (QED) is 0.265. The molecule has 0 unspecified atom stereocenters. The average molecular weight is 611 g/mol. The van der Waals surface area contributed by atoms with Crippen LogP contribution in [0.4, 0.5) is 0 Å². The zero-order chi connectivity index (χ0) is 27.2. The summed E-state index contributed by atoms with van der Waals surface area (Å²) < 4.78 is 17.4. The van der Waals surface area contributed by atoms with Crippen molar-refractivity contribution in [2.45, 2.75) is 6.61 Å². The number of methoxy groups -OCH3 is 2. The summed E-state index contributed by atoms with van der Waals surface area (Å²) in [6.07, 6.45) is 1.66. The van der Waals surface area contributed by atoms with Crippen LogP contribution < -0.4 is 19.6 Å². The molecule has 192 valence electrons. The first kappa shape index (κ1) is 27.2. The Balaban J connectivity index is 1.48. The number of carbonyl (C=O) groups is 2. The van der Waals surface area contributed by atoms with Crippen molar-refractivity contribution in [2.24, 2.45) is 0 Å². The fourth-order valence-corrected chi connectivity index (χ4v) is 5.17. The van der Waals surface area contributed by atoms with Gasteiger partial charge in [0.05, 0.1) is 35.2 Å². The third-order valence-corrected chi connectivity index (χ3v) is 7.27. The minimum atomic E-state index is -0.474. The molecule has 0 aliphatic carbocycles. The molecule has 1 N–H and O–H groups in total. The molecule has 3 aromatic carbocycles. The summed E-state index contributed by atoms with van der Waals surface area (Å²) in [6, 6.07) is 19.2. The Morgan fingerprint density at radius 2 is 1.84 bits per heavy atom. The Morgan fingerprint density at radius 3 is 2.47 bits per heavy atom. The van der Waals surface area contributed by atoms with Gasteiger partial charge >= 0.3 is 0 Å². The van der Waals surface area contributed by atoms with E-state index in [0.717, 1.165) is 22.3 Å². The molecule has 38 heavy (non-hydrogen) atoms. The molecule has 0 spiro atoms. The number of thiocarbonyl (C=S) groups is 1. The lowest BCUT2D eigenvalue weighted by atomic mass is 10.1. The Labute approximate surface area is 237 Å². The minimum absolute atomic E-state index is 0.205. The zero-order valence-electron chi connectivity index (χ0n) is 20.2. The highest BCUT2D eigenvalue weighted by molar-refractivity contribution is 9.10. The molecule has 0 radical (unpaired) electrons. The first-order valence-electron chi connectivity index (χ1n) is 11.0. The van der Waals surface area contributed by atoms with E-state index in [-0.39, 0.29) is 10.9 Å². The standard InChI is InChI=1S/C27H20BrN3O5S2/c1-34-20-9-7-19(8-10-20)25(32)30-31-26(33)23(38-27(31)37)13-18-11-21(28)24(22(12-18)35-2)36-15-17-5-3-16(14-29)4-6-17/h3-13H,15H2,1-2H3,(H,30,32)/b23-13+. The van der Waals surface area contributed by atoms with Gasteiger partial charge in [-0.1, -0.05) is 23.9 Å². The van der Waals surface area contributed by atoms with Crippen molar-refractivity contribution in [1.29, 1.82) is 5.26 Å². The second-order valence-electron chi connectivity index (χ2n) is 7.82. The molecule has 1 saturated heterocycles. The first-order chi connectivity index (χ1) is 18.3. The molecule has 3 aromatic rings. The fraction of sp³-hybridized carbons (Fsp3) is 0.111. The third kappa shape index (κ3) is 6.16. The number of amides is 2. The summed E-state index contributed by atoms with van der Waals surface area (Å²) >= 11 is 9.93. The van der Waals surface area contributed by atoms with Gasteiger partial charge in [0.1, 0.15) is 12.4 Å². The fourth-order valence-electron chi connectivity index (χ4n) is 3.42. The van der Waals surface area contributed by atoms with Crippen LogP contribution in [0.25, 0.3) is 6.08 Å². The second-order valence-corrected chi connectivity index (χ2v) is 10.3. The largest absolute Gasteiger partial charge is 0.497 e. The molecule has 11 heteroatoms. The Hall–Kier alpha value is -3.85. The monoisotopic (exact) mass is 609 g/mol. The van der Waals surface area contributed by atoms with Crippen LogP contribution in [0.3, 0.4) is 0 Å². The Bertz CT molecular complexity index is 1470. The maximum atomic E-state index is 13.0. The summed E-state index contributed by atoms with van der Waals surface area (Å²) in [4.78, 5) is 26.0. The molecular formula is C27H20BrN3O5S2. The number of hydrogen-bond donors (Lipinski definition) is 1. The van der Waals surface area contributed by atoms with Crippen molar-refractivity contribution >= 4 is 62.1 Å². The van der Waals surface area contributed by atoms with E-state index in [4.69, 9.17) is 31.7 Å². The van der Waals surface area contributed by atoms with Gasteiger partial charge in [-0.2, -0.15) is 10.3 Å². The van der Waals surface area contributed by atoms with Crippen LogP contribution in [0, 0.1) is 11.3 Å². The molecule has 0 bridgehead atoms. The van der Waals surface area contributed by atoms with Crippen LogP contribution >= 0.6 is 39.9 Å². The second kappa shape index (κ2) is 12.1. The van der Waals surface area contributed by atoms with E-state index in [2.05, 4.69) is 27.4 Å². The Kier molecular flexibility index (Phi) is 8.68. The smallest absolute Gasteiger partial charge is 0.285 e. The summed E-state index contributed by atoms with van der Waals surface area (Å²) in [5, 5.41) is 10.0. The van der Waals surface area contributed by atoms with Gasteiger partial charge in [-0.3, -0.25) is 15.0 Å². The van der Waals surface area contributed by atoms with Gasteiger partial charge in [-0.25, -0.2) is 0 Å². The van der Waals surface area contributed by atoms with Gasteiger partial charge < -0.3 is 14.2 Å². The highest BCUT2D eigenvalue weighted by atomic mass is 79.9. The van der Waals surface area contributed by atoms with E-state index in [1.807, 2.05) is 12.1 Å². The zero-order valence-corrected chi connectivity index (χ0v) is 23.4. The van der Waals surface area contributed by atoms with Gasteiger partial charge in [0.25, 0.3) is 11.8 Å². The number of halogens is 1. The number of hydrazine groups is 1. The lowest BCUT2D eigenvalue weighted by Gasteiger charge is -2.15. The normalized spacial score (nSPS) is 13.8. The molecule has 8 nitrogen and oxygen atoms in total. The lowest BCUT2D eigenvalue weighted by molar-refractivity contribution is -0.123. The third-order valence-electron chi connectivity index (χ3n) is 5.38. The number of thioether (sulfide) groups is 1. The average Bonchev–Trinajstić information content (AvgIpc) is 3.19. The number of nitrogens with one attached hydrogen (secondary N) is 1. The number of carbonyl (C=O) groups excluding carboxylic acids is 2. The van der Waals surface area contributed by atoms with Crippen molar-refractivity contribution in [3.8, 4) is 23.3 Å². The van der Waals surface area contributed by atoms with Gasteiger partial charge in [0.15, 0.2) is 15.8 Å². The number of hydrogen-bond acceptors (Lipinski definition) is 8. The molecule has 0 saturated carbocycles. The first-order valence-corrected chi connectivity index (χ1v) is 13.1. The van der Waals surface area contributed by atoms with Crippen LogP contribution in [0.5, 0.6) is 17.2 Å². The maximum absolute atomic E-state index is 13.0. The molecule has 4 rings (SSSR count). The van der Waals surface area contributed by atoms with E-state index >= 15 is 0 Å². The van der Waals surface area contributed by atoms with E-state index in [1.54, 1.807) is 54.6 Å². The molecule has 0 atom stereocenters. The van der Waals surface area contributed by atoms with Crippen molar-refractivity contribution in [2.75, 3.05) is 14.2 Å². The van der Waals surface area contributed by atoms with Crippen molar-refractivity contribution in [1.82, 2.24) is 10.4 Å². The van der Waals surface area contributed by atoms with Crippen molar-refractivity contribution < 1.29 is 23.8 Å². The van der Waals surface area contributed by atoms with E-state index < -0.39 is 11.8 Å². The molecule has 2 amide bonds. The molecule has 0 aromatic heterocycles. The highest BCUT2D eigenvalue weighted by Crippen LogP contribution is 2.39. The van der Waals surface area contributed by atoms with Crippen LogP contribution in [0.1, 0.15) is 27.0 Å². The van der Waals surface area contributed by atoms with Gasteiger partial charge in [0, 0.05) is 5.56 Å². The molecular weight excluding hydrogens is 590 g/mol. The van der Waals surface area contributed by atoms with Crippen LogP contribution in [0.15, 0.2) is 70.0 Å².